The number of rotatable bonds is 2. The molecular weight excluding hydrogens is 327 g/mol. The summed E-state index contributed by atoms with van der Waals surface area (Å²) in [5, 5.41) is 7.34. The van der Waals surface area contributed by atoms with Gasteiger partial charge >= 0.3 is 5.97 Å². The van der Waals surface area contributed by atoms with Crippen LogP contribution < -0.4 is 5.43 Å². The number of hydrogen-bond acceptors (Lipinski definition) is 2. The molecule has 3 rings (SSSR count). The minimum Gasteiger partial charge on any atom is -0.477 e. The summed E-state index contributed by atoms with van der Waals surface area (Å²) < 4.78 is 28.8. The van der Waals surface area contributed by atoms with Gasteiger partial charge in [0.05, 0.1) is 15.9 Å². The summed E-state index contributed by atoms with van der Waals surface area (Å²) in [7, 11) is 0. The van der Waals surface area contributed by atoms with Gasteiger partial charge in [-0.15, -0.1) is 0 Å². The van der Waals surface area contributed by atoms with E-state index in [1.807, 2.05) is 0 Å². The maximum atomic E-state index is 13.8. The average Bonchev–Trinajstić information content (AvgIpc) is 3.26. The molecule has 21 heavy (non-hydrogen) atoms. The van der Waals surface area contributed by atoms with E-state index in [1.165, 1.54) is 4.57 Å². The van der Waals surface area contributed by atoms with Crippen LogP contribution in [0.1, 0.15) is 29.2 Å². The highest BCUT2D eigenvalue weighted by molar-refractivity contribution is 6.40. The fourth-order valence-electron chi connectivity index (χ4n) is 2.26. The van der Waals surface area contributed by atoms with Gasteiger partial charge in [0.25, 0.3) is 0 Å². The van der Waals surface area contributed by atoms with Crippen molar-refractivity contribution >= 4 is 40.1 Å². The number of pyridine rings is 1. The normalized spacial score (nSPS) is 14.7. The summed E-state index contributed by atoms with van der Waals surface area (Å²) in [6.45, 7) is 0. The first-order valence-electron chi connectivity index (χ1n) is 5.98. The smallest absolute Gasteiger partial charge is 0.341 e. The number of halogens is 4. The van der Waals surface area contributed by atoms with Crippen molar-refractivity contribution < 1.29 is 18.7 Å². The van der Waals surface area contributed by atoms with Gasteiger partial charge in [-0.1, -0.05) is 23.2 Å². The number of benzene rings is 1. The van der Waals surface area contributed by atoms with Crippen molar-refractivity contribution in [1.82, 2.24) is 4.57 Å². The van der Waals surface area contributed by atoms with Crippen LogP contribution >= 0.6 is 23.2 Å². The molecule has 8 heteroatoms. The quantitative estimate of drug-likeness (QED) is 0.674. The van der Waals surface area contributed by atoms with E-state index in [0.717, 1.165) is 19.0 Å². The third kappa shape index (κ3) is 2.01. The lowest BCUT2D eigenvalue weighted by atomic mass is 10.1. The monoisotopic (exact) mass is 333 g/mol. The lowest BCUT2D eigenvalue weighted by Gasteiger charge is -2.14. The number of aromatic carboxylic acids is 1. The molecule has 1 aromatic heterocycles. The fourth-order valence-corrected chi connectivity index (χ4v) is 2.79. The largest absolute Gasteiger partial charge is 0.477 e. The summed E-state index contributed by atoms with van der Waals surface area (Å²) in [5.74, 6) is -4.28. The topological polar surface area (TPSA) is 59.3 Å². The molecule has 2 aromatic rings. The molecular formula is C13H7Cl2F2NO3. The Morgan fingerprint density at radius 3 is 2.33 bits per heavy atom. The van der Waals surface area contributed by atoms with Gasteiger partial charge in [-0.3, -0.25) is 4.79 Å². The Morgan fingerprint density at radius 2 is 1.81 bits per heavy atom. The Labute approximate surface area is 126 Å². The molecule has 0 aliphatic heterocycles. The van der Waals surface area contributed by atoms with E-state index in [0.29, 0.717) is 0 Å². The molecule has 1 aliphatic carbocycles. The molecule has 1 saturated carbocycles. The molecule has 4 nitrogen and oxygen atoms in total. The molecule has 1 aliphatic rings. The molecule has 110 valence electrons. The highest BCUT2D eigenvalue weighted by Gasteiger charge is 2.31. The van der Waals surface area contributed by atoms with Crippen LogP contribution in [0.5, 0.6) is 0 Å². The lowest BCUT2D eigenvalue weighted by molar-refractivity contribution is 0.0695. The molecule has 0 amide bonds. The van der Waals surface area contributed by atoms with E-state index in [2.05, 4.69) is 0 Å². The Morgan fingerprint density at radius 1 is 1.24 bits per heavy atom. The molecule has 0 unspecified atom stereocenters. The number of hydrogen-bond donors (Lipinski definition) is 1. The van der Waals surface area contributed by atoms with Gasteiger partial charge in [0, 0.05) is 12.2 Å². The maximum Gasteiger partial charge on any atom is 0.341 e. The molecule has 1 N–H and O–H groups in total. The summed E-state index contributed by atoms with van der Waals surface area (Å²) in [4.78, 5) is 23.3. The van der Waals surface area contributed by atoms with Crippen molar-refractivity contribution in [1.29, 1.82) is 0 Å². The summed E-state index contributed by atoms with van der Waals surface area (Å²) in [5.41, 5.74) is -1.61. The first-order valence-corrected chi connectivity index (χ1v) is 6.74. The molecule has 0 radical (unpaired) electrons. The van der Waals surface area contributed by atoms with E-state index in [9.17, 15) is 18.4 Å². The summed E-state index contributed by atoms with van der Waals surface area (Å²) in [6.07, 6.45) is 2.55. The molecule has 0 spiro atoms. The number of fused-ring (bicyclic) bond motifs is 1. The van der Waals surface area contributed by atoms with Crippen LogP contribution in [0.3, 0.4) is 0 Å². The van der Waals surface area contributed by atoms with Crippen LogP contribution in [0.15, 0.2) is 11.0 Å². The average molecular weight is 334 g/mol. The van der Waals surface area contributed by atoms with Crippen LogP contribution in [0.25, 0.3) is 10.9 Å². The Bertz CT molecular complexity index is 859. The lowest BCUT2D eigenvalue weighted by Crippen LogP contribution is -2.20. The second-order valence-electron chi connectivity index (χ2n) is 4.80. The SMILES string of the molecule is O=C(O)c1cn(C2CC2)c2c(Cl)c(F)c(F)c(Cl)c2c1=O. The highest BCUT2D eigenvalue weighted by Crippen LogP contribution is 2.41. The second-order valence-corrected chi connectivity index (χ2v) is 5.55. The van der Waals surface area contributed by atoms with Crippen LogP contribution in [0, 0.1) is 11.6 Å². The van der Waals surface area contributed by atoms with Gasteiger partial charge in [0.15, 0.2) is 11.6 Å². The predicted molar refractivity (Wildman–Crippen MR) is 73.4 cm³/mol. The molecule has 0 atom stereocenters. The maximum absolute atomic E-state index is 13.8. The van der Waals surface area contributed by atoms with Crippen molar-refractivity contribution in [3.63, 3.8) is 0 Å². The van der Waals surface area contributed by atoms with Crippen molar-refractivity contribution in [2.45, 2.75) is 18.9 Å². The summed E-state index contributed by atoms with van der Waals surface area (Å²) in [6, 6.07) is -0.107. The number of aromatic nitrogens is 1. The van der Waals surface area contributed by atoms with Crippen molar-refractivity contribution in [2.24, 2.45) is 0 Å². The number of nitrogens with zero attached hydrogens (tertiary/aromatic N) is 1. The molecule has 0 saturated heterocycles. The number of carboxylic acid groups (broad SMARTS) is 1. The summed E-state index contributed by atoms with van der Waals surface area (Å²) >= 11 is 11.5. The number of carboxylic acids is 1. The first kappa shape index (κ1) is 14.3. The van der Waals surface area contributed by atoms with Crippen LogP contribution in [0.4, 0.5) is 8.78 Å². The van der Waals surface area contributed by atoms with Crippen LogP contribution in [0.2, 0.25) is 10.0 Å². The van der Waals surface area contributed by atoms with E-state index >= 15 is 0 Å². The second kappa shape index (κ2) is 4.68. The zero-order valence-corrected chi connectivity index (χ0v) is 11.8. The zero-order valence-electron chi connectivity index (χ0n) is 10.3. The van der Waals surface area contributed by atoms with E-state index in [-0.39, 0.29) is 11.6 Å². The predicted octanol–water partition coefficient (Wildman–Crippen LogP) is 3.62. The molecule has 0 bridgehead atoms. The molecule has 1 fully saturated rings. The molecule has 1 heterocycles. The zero-order chi connectivity index (χ0) is 15.5. The minimum absolute atomic E-state index is 0.0712. The Hall–Kier alpha value is -1.66. The van der Waals surface area contributed by atoms with E-state index in [1.54, 1.807) is 0 Å². The van der Waals surface area contributed by atoms with Crippen LogP contribution in [-0.2, 0) is 0 Å². The van der Waals surface area contributed by atoms with Crippen LogP contribution in [-0.4, -0.2) is 15.6 Å². The van der Waals surface area contributed by atoms with Crippen molar-refractivity contribution in [3.05, 3.63) is 43.7 Å². The Balaban J connectivity index is 2.59. The van der Waals surface area contributed by atoms with Gasteiger partial charge in [0.1, 0.15) is 10.6 Å². The highest BCUT2D eigenvalue weighted by atomic mass is 35.5. The standard InChI is InChI=1S/C13H7Cl2F2NO3/c14-7-6-11(8(15)10(17)9(7)16)18(4-1-2-4)3-5(12(6)19)13(20)21/h3-4H,1-2H2,(H,20,21). The third-order valence-electron chi connectivity index (χ3n) is 3.41. The van der Waals surface area contributed by atoms with E-state index in [4.69, 9.17) is 28.3 Å². The molecule has 1 aromatic carbocycles. The van der Waals surface area contributed by atoms with Crippen molar-refractivity contribution in [2.75, 3.05) is 0 Å². The van der Waals surface area contributed by atoms with Gasteiger partial charge in [-0.05, 0) is 12.8 Å². The van der Waals surface area contributed by atoms with Gasteiger partial charge in [-0.2, -0.15) is 0 Å². The van der Waals surface area contributed by atoms with Gasteiger partial charge in [0.2, 0.25) is 5.43 Å². The third-order valence-corrected chi connectivity index (χ3v) is 4.11. The van der Waals surface area contributed by atoms with Crippen molar-refractivity contribution in [3.8, 4) is 0 Å². The minimum atomic E-state index is -1.46. The van der Waals surface area contributed by atoms with E-state index < -0.39 is 44.0 Å². The van der Waals surface area contributed by atoms with Gasteiger partial charge in [-0.25, -0.2) is 13.6 Å². The Kier molecular flexibility index (Phi) is 3.18. The first-order chi connectivity index (χ1) is 9.84. The fraction of sp³-hybridized carbons (Fsp3) is 0.231. The van der Waals surface area contributed by atoms with Gasteiger partial charge < -0.3 is 9.67 Å². The number of carbonyl (C=O) groups is 1.